The van der Waals surface area contributed by atoms with Crippen molar-refractivity contribution in [3.63, 3.8) is 0 Å². The van der Waals surface area contributed by atoms with Crippen LogP contribution in [0.1, 0.15) is 0 Å². The van der Waals surface area contributed by atoms with Crippen molar-refractivity contribution < 1.29 is 13.2 Å². The highest BCUT2D eigenvalue weighted by atomic mass is 79.9. The summed E-state index contributed by atoms with van der Waals surface area (Å²) >= 11 is 3.20. The minimum Gasteiger partial charge on any atom is -0.243 e. The normalized spacial score (nSPS) is 20.5. The number of rotatable bonds is 0. The molecule has 0 radical (unpaired) electrons. The first-order valence-corrected chi connectivity index (χ1v) is 4.79. The van der Waals surface area contributed by atoms with Crippen LogP contribution >= 0.6 is 15.9 Å². The van der Waals surface area contributed by atoms with Gasteiger partial charge in [-0.2, -0.15) is 18.3 Å². The van der Waals surface area contributed by atoms with Gasteiger partial charge in [0, 0.05) is 10.7 Å². The molecule has 2 aliphatic rings. The number of allylic oxidation sites excluding steroid dienone is 1. The fourth-order valence-corrected chi connectivity index (χ4v) is 1.48. The summed E-state index contributed by atoms with van der Waals surface area (Å²) in [5.74, 6) is 0.202. The lowest BCUT2D eigenvalue weighted by molar-refractivity contribution is -0.0857. The fourth-order valence-electron chi connectivity index (χ4n) is 1.14. The molecule has 0 N–H and O–H groups in total. The van der Waals surface area contributed by atoms with Crippen molar-refractivity contribution in [2.45, 2.75) is 6.18 Å². The Hall–Kier alpha value is -1.11. The molecule has 3 nitrogen and oxygen atoms in total. The Balaban J connectivity index is 2.33. The van der Waals surface area contributed by atoms with E-state index in [1.807, 2.05) is 0 Å². The van der Waals surface area contributed by atoms with Crippen molar-refractivity contribution >= 4 is 28.0 Å². The summed E-state index contributed by atoms with van der Waals surface area (Å²) in [5, 5.41) is 5.06. The van der Waals surface area contributed by atoms with Crippen molar-refractivity contribution in [1.82, 2.24) is 5.01 Å². The van der Waals surface area contributed by atoms with E-state index < -0.39 is 11.7 Å². The van der Waals surface area contributed by atoms with E-state index in [4.69, 9.17) is 0 Å². The molecular weight excluding hydrogens is 275 g/mol. The molecule has 0 amide bonds. The molecular formula is C8H5BrF3N3. The van der Waals surface area contributed by atoms with E-state index in [9.17, 15) is 13.2 Å². The third-order valence-corrected chi connectivity index (χ3v) is 2.31. The zero-order valence-electron chi connectivity index (χ0n) is 7.29. The van der Waals surface area contributed by atoms with Gasteiger partial charge in [0.1, 0.15) is 5.84 Å². The van der Waals surface area contributed by atoms with Crippen LogP contribution in [-0.2, 0) is 0 Å². The Morgan fingerprint density at radius 1 is 1.40 bits per heavy atom. The molecule has 0 aromatic rings. The largest absolute Gasteiger partial charge is 0.418 e. The van der Waals surface area contributed by atoms with Crippen molar-refractivity contribution in [1.29, 1.82) is 0 Å². The van der Waals surface area contributed by atoms with Crippen molar-refractivity contribution in [3.05, 3.63) is 22.3 Å². The van der Waals surface area contributed by atoms with Gasteiger partial charge in [-0.25, -0.2) is 10.0 Å². The van der Waals surface area contributed by atoms with Crippen LogP contribution in [0.2, 0.25) is 0 Å². The van der Waals surface area contributed by atoms with Gasteiger partial charge in [0.2, 0.25) is 0 Å². The van der Waals surface area contributed by atoms with Gasteiger partial charge in [0.05, 0.1) is 18.3 Å². The third kappa shape index (κ3) is 2.11. The zero-order chi connectivity index (χ0) is 11.1. The van der Waals surface area contributed by atoms with E-state index in [1.54, 1.807) is 0 Å². The van der Waals surface area contributed by atoms with Gasteiger partial charge in [-0.05, 0) is 6.08 Å². The summed E-state index contributed by atoms with van der Waals surface area (Å²) in [6.07, 6.45) is -1.14. The van der Waals surface area contributed by atoms with E-state index in [2.05, 4.69) is 26.0 Å². The van der Waals surface area contributed by atoms with Crippen LogP contribution in [-0.4, -0.2) is 29.8 Å². The second kappa shape index (κ2) is 3.48. The number of amidine groups is 1. The summed E-state index contributed by atoms with van der Waals surface area (Å²) in [6, 6.07) is 0. The number of hydrazone groups is 1. The topological polar surface area (TPSA) is 28.0 Å². The minimum atomic E-state index is -4.38. The summed E-state index contributed by atoms with van der Waals surface area (Å²) in [6.45, 7) is 0.400. The Morgan fingerprint density at radius 2 is 2.13 bits per heavy atom. The average Bonchev–Trinajstić information content (AvgIpc) is 2.15. The molecule has 0 saturated carbocycles. The van der Waals surface area contributed by atoms with E-state index in [0.29, 0.717) is 6.54 Å². The number of alkyl halides is 3. The second-order valence-electron chi connectivity index (χ2n) is 2.96. The highest BCUT2D eigenvalue weighted by Gasteiger charge is 2.35. The van der Waals surface area contributed by atoms with Crippen LogP contribution in [0.5, 0.6) is 0 Å². The lowest BCUT2D eigenvalue weighted by atomic mass is 10.2. The number of halogens is 4. The Labute approximate surface area is 91.8 Å². The molecule has 2 heterocycles. The van der Waals surface area contributed by atoms with Gasteiger partial charge in [-0.15, -0.1) is 0 Å². The molecule has 0 aliphatic carbocycles. The molecule has 2 aliphatic heterocycles. The first kappa shape index (κ1) is 10.4. The number of nitrogens with zero attached hydrogens (tertiary/aromatic N) is 3. The predicted molar refractivity (Wildman–Crippen MR) is 53.8 cm³/mol. The van der Waals surface area contributed by atoms with E-state index >= 15 is 0 Å². The molecule has 0 saturated heterocycles. The first-order chi connectivity index (χ1) is 6.97. The highest BCUT2D eigenvalue weighted by Crippen LogP contribution is 2.27. The van der Waals surface area contributed by atoms with Crippen molar-refractivity contribution in [3.8, 4) is 0 Å². The fraction of sp³-hybridized carbons (Fsp3) is 0.250. The molecule has 0 fully saturated rings. The van der Waals surface area contributed by atoms with Crippen LogP contribution in [0.15, 0.2) is 32.4 Å². The van der Waals surface area contributed by atoms with Crippen LogP contribution in [0.4, 0.5) is 13.2 Å². The Morgan fingerprint density at radius 3 is 2.80 bits per heavy atom. The third-order valence-electron chi connectivity index (χ3n) is 1.85. The molecule has 7 heteroatoms. The molecule has 0 spiro atoms. The van der Waals surface area contributed by atoms with Crippen LogP contribution in [0.3, 0.4) is 0 Å². The highest BCUT2D eigenvalue weighted by molar-refractivity contribution is 9.11. The molecule has 80 valence electrons. The maximum atomic E-state index is 12.3. The van der Waals surface area contributed by atoms with Gasteiger partial charge in [0.25, 0.3) is 0 Å². The number of aliphatic imine (C=N–C) groups is 1. The molecule has 0 aromatic heterocycles. The lowest BCUT2D eigenvalue weighted by Gasteiger charge is -2.25. The summed E-state index contributed by atoms with van der Waals surface area (Å²) < 4.78 is 37.7. The smallest absolute Gasteiger partial charge is 0.243 e. The van der Waals surface area contributed by atoms with Gasteiger partial charge >= 0.3 is 6.18 Å². The zero-order valence-corrected chi connectivity index (χ0v) is 8.88. The molecule has 0 atom stereocenters. The maximum Gasteiger partial charge on any atom is 0.418 e. The summed E-state index contributed by atoms with van der Waals surface area (Å²) in [4.78, 5) is 3.84. The number of fused-ring (bicyclic) bond motifs is 1. The van der Waals surface area contributed by atoms with Gasteiger partial charge in [-0.3, -0.25) is 0 Å². The molecule has 0 aromatic carbocycles. The van der Waals surface area contributed by atoms with Crippen LogP contribution in [0.25, 0.3) is 0 Å². The Bertz CT molecular complexity index is 406. The first-order valence-electron chi connectivity index (χ1n) is 3.99. The van der Waals surface area contributed by atoms with E-state index in [1.165, 1.54) is 11.2 Å². The number of hydrogen-bond donors (Lipinski definition) is 0. The van der Waals surface area contributed by atoms with Crippen molar-refractivity contribution in [2.75, 3.05) is 6.54 Å². The molecule has 0 unspecified atom stereocenters. The average molecular weight is 280 g/mol. The quantitative estimate of drug-likeness (QED) is 0.669. The van der Waals surface area contributed by atoms with Crippen LogP contribution < -0.4 is 0 Å². The van der Waals surface area contributed by atoms with Crippen LogP contribution in [0, 0.1) is 0 Å². The predicted octanol–water partition coefficient (Wildman–Crippen LogP) is 2.42. The summed E-state index contributed by atoms with van der Waals surface area (Å²) in [7, 11) is 0. The van der Waals surface area contributed by atoms with E-state index in [-0.39, 0.29) is 5.84 Å². The van der Waals surface area contributed by atoms with Gasteiger partial charge in [-0.1, -0.05) is 15.9 Å². The maximum absolute atomic E-state index is 12.3. The monoisotopic (exact) mass is 279 g/mol. The van der Waals surface area contributed by atoms with Gasteiger partial charge < -0.3 is 0 Å². The standard InChI is InChI=1S/C8H5BrF3N3/c9-6-3-13-7-1-5(8(10,11)12)2-14-15(7)4-6/h1-3H,4H2. The Kier molecular flexibility index (Phi) is 2.41. The molecule has 2 rings (SSSR count). The van der Waals surface area contributed by atoms with Gasteiger partial charge in [0.15, 0.2) is 0 Å². The molecule has 0 bridgehead atoms. The SMILES string of the molecule is FC(F)(F)C1=CC2=NC=C(Br)CN2N=C1. The lowest BCUT2D eigenvalue weighted by Crippen LogP contribution is -2.33. The molecule has 15 heavy (non-hydrogen) atoms. The minimum absolute atomic E-state index is 0.202. The summed E-state index contributed by atoms with van der Waals surface area (Å²) in [5.41, 5.74) is -0.788. The van der Waals surface area contributed by atoms with E-state index in [0.717, 1.165) is 16.8 Å². The number of hydrogen-bond acceptors (Lipinski definition) is 3. The second-order valence-corrected chi connectivity index (χ2v) is 3.98. The van der Waals surface area contributed by atoms with Crippen molar-refractivity contribution in [2.24, 2.45) is 10.1 Å².